The summed E-state index contributed by atoms with van der Waals surface area (Å²) in [6.07, 6.45) is 1.37. The minimum Gasteiger partial charge on any atom is -0.365 e. The zero-order valence-corrected chi connectivity index (χ0v) is 12.0. The van der Waals surface area contributed by atoms with Gasteiger partial charge in [0.15, 0.2) is 0 Å². The van der Waals surface area contributed by atoms with Crippen molar-refractivity contribution in [1.82, 2.24) is 5.32 Å². The number of amides is 1. The van der Waals surface area contributed by atoms with Crippen LogP contribution >= 0.6 is 0 Å². The van der Waals surface area contributed by atoms with Gasteiger partial charge in [-0.25, -0.2) is 13.6 Å². The number of carbonyl (C=O) groups is 1. The van der Waals surface area contributed by atoms with Gasteiger partial charge in [-0.2, -0.15) is 0 Å². The summed E-state index contributed by atoms with van der Waals surface area (Å²) < 4.78 is 27.7. The summed E-state index contributed by atoms with van der Waals surface area (Å²) in [6.45, 7) is 2.28. The molecule has 3 N–H and O–H groups in total. The van der Waals surface area contributed by atoms with Gasteiger partial charge in [-0.05, 0) is 37.5 Å². The zero-order chi connectivity index (χ0) is 14.8. The van der Waals surface area contributed by atoms with Gasteiger partial charge in [0.1, 0.15) is 6.10 Å². The van der Waals surface area contributed by atoms with E-state index in [9.17, 15) is 13.2 Å². The number of rotatable bonds is 4. The molecule has 2 rings (SSSR count). The zero-order valence-electron chi connectivity index (χ0n) is 11.2. The van der Waals surface area contributed by atoms with E-state index in [1.54, 1.807) is 12.1 Å². The SMILES string of the molecule is CC1CCC(C(=O)NCc2ccc(S(N)(=O)=O)cc2)O1. The number of sulfonamides is 1. The maximum absolute atomic E-state index is 11.8. The van der Waals surface area contributed by atoms with Gasteiger partial charge in [0.25, 0.3) is 0 Å². The van der Waals surface area contributed by atoms with Crippen molar-refractivity contribution in [3.8, 4) is 0 Å². The summed E-state index contributed by atoms with van der Waals surface area (Å²) >= 11 is 0. The van der Waals surface area contributed by atoms with Crippen LogP contribution in [0.1, 0.15) is 25.3 Å². The number of hydrogen-bond donors (Lipinski definition) is 2. The summed E-state index contributed by atoms with van der Waals surface area (Å²) in [4.78, 5) is 11.9. The van der Waals surface area contributed by atoms with Crippen LogP contribution in [0.2, 0.25) is 0 Å². The molecule has 20 heavy (non-hydrogen) atoms. The lowest BCUT2D eigenvalue weighted by atomic mass is 10.2. The number of ether oxygens (including phenoxy) is 1. The molecule has 0 spiro atoms. The molecule has 110 valence electrons. The first-order valence-electron chi connectivity index (χ1n) is 6.41. The Morgan fingerprint density at radius 2 is 2.00 bits per heavy atom. The van der Waals surface area contributed by atoms with Crippen LogP contribution < -0.4 is 10.5 Å². The van der Waals surface area contributed by atoms with E-state index >= 15 is 0 Å². The Morgan fingerprint density at radius 1 is 1.35 bits per heavy atom. The first-order chi connectivity index (χ1) is 9.36. The molecule has 1 aromatic carbocycles. The molecule has 0 aliphatic carbocycles. The van der Waals surface area contributed by atoms with E-state index in [1.165, 1.54) is 12.1 Å². The summed E-state index contributed by atoms with van der Waals surface area (Å²) in [5, 5.41) is 7.79. The van der Waals surface area contributed by atoms with Crippen LogP contribution in [0, 0.1) is 0 Å². The number of hydrogen-bond acceptors (Lipinski definition) is 4. The first kappa shape index (κ1) is 15.0. The molecule has 0 aromatic heterocycles. The predicted molar refractivity (Wildman–Crippen MR) is 73.2 cm³/mol. The van der Waals surface area contributed by atoms with Crippen molar-refractivity contribution >= 4 is 15.9 Å². The van der Waals surface area contributed by atoms with Crippen LogP contribution in [0.15, 0.2) is 29.2 Å². The highest BCUT2D eigenvalue weighted by molar-refractivity contribution is 7.89. The van der Waals surface area contributed by atoms with Crippen LogP contribution in [0.25, 0.3) is 0 Å². The Labute approximate surface area is 118 Å². The van der Waals surface area contributed by atoms with E-state index in [2.05, 4.69) is 5.32 Å². The van der Waals surface area contributed by atoms with Gasteiger partial charge in [-0.15, -0.1) is 0 Å². The van der Waals surface area contributed by atoms with Gasteiger partial charge < -0.3 is 10.1 Å². The lowest BCUT2D eigenvalue weighted by Gasteiger charge is -2.11. The summed E-state index contributed by atoms with van der Waals surface area (Å²) in [7, 11) is -3.68. The smallest absolute Gasteiger partial charge is 0.249 e. The van der Waals surface area contributed by atoms with Crippen molar-refractivity contribution in [2.75, 3.05) is 0 Å². The average molecular weight is 298 g/mol. The Bertz CT molecular complexity index is 583. The largest absolute Gasteiger partial charge is 0.365 e. The van der Waals surface area contributed by atoms with Crippen molar-refractivity contribution < 1.29 is 17.9 Å². The molecule has 7 heteroatoms. The van der Waals surface area contributed by atoms with E-state index in [1.807, 2.05) is 6.92 Å². The Hall–Kier alpha value is -1.44. The molecule has 1 aliphatic rings. The van der Waals surface area contributed by atoms with Crippen molar-refractivity contribution in [3.05, 3.63) is 29.8 Å². The molecule has 0 radical (unpaired) electrons. The third kappa shape index (κ3) is 3.78. The van der Waals surface area contributed by atoms with Crippen molar-refractivity contribution in [1.29, 1.82) is 0 Å². The van der Waals surface area contributed by atoms with Crippen molar-refractivity contribution in [3.63, 3.8) is 0 Å². The molecule has 1 heterocycles. The maximum Gasteiger partial charge on any atom is 0.249 e. The van der Waals surface area contributed by atoms with E-state index < -0.39 is 10.0 Å². The molecular formula is C13H18N2O4S. The second-order valence-electron chi connectivity index (χ2n) is 4.92. The number of nitrogens with two attached hydrogens (primary N) is 1. The molecular weight excluding hydrogens is 280 g/mol. The number of carbonyl (C=O) groups excluding carboxylic acids is 1. The second-order valence-corrected chi connectivity index (χ2v) is 6.48. The molecule has 0 saturated carbocycles. The van der Waals surface area contributed by atoms with Crippen molar-refractivity contribution in [2.45, 2.75) is 43.4 Å². The second kappa shape index (κ2) is 5.90. The Kier molecular flexibility index (Phi) is 4.42. The lowest BCUT2D eigenvalue weighted by Crippen LogP contribution is -2.34. The van der Waals surface area contributed by atoms with Gasteiger partial charge in [0, 0.05) is 6.54 Å². The molecule has 1 fully saturated rings. The highest BCUT2D eigenvalue weighted by atomic mass is 32.2. The fourth-order valence-electron chi connectivity index (χ4n) is 2.10. The topological polar surface area (TPSA) is 98.5 Å². The highest BCUT2D eigenvalue weighted by Crippen LogP contribution is 2.19. The molecule has 6 nitrogen and oxygen atoms in total. The quantitative estimate of drug-likeness (QED) is 0.846. The minimum atomic E-state index is -3.68. The number of nitrogens with one attached hydrogen (secondary N) is 1. The first-order valence-corrected chi connectivity index (χ1v) is 7.96. The summed E-state index contributed by atoms with van der Waals surface area (Å²) in [6, 6.07) is 6.09. The van der Waals surface area contributed by atoms with Gasteiger partial charge in [0.2, 0.25) is 15.9 Å². The maximum atomic E-state index is 11.8. The Morgan fingerprint density at radius 3 is 2.50 bits per heavy atom. The van der Waals surface area contributed by atoms with Crippen molar-refractivity contribution in [2.24, 2.45) is 5.14 Å². The molecule has 0 bridgehead atoms. The van der Waals surface area contributed by atoms with Crippen LogP contribution in [0.4, 0.5) is 0 Å². The number of benzene rings is 1. The predicted octanol–water partition coefficient (Wildman–Crippen LogP) is 0.518. The third-order valence-electron chi connectivity index (χ3n) is 3.24. The Balaban J connectivity index is 1.90. The van der Waals surface area contributed by atoms with Gasteiger partial charge in [0.05, 0.1) is 11.0 Å². The van der Waals surface area contributed by atoms with Crippen LogP contribution in [-0.2, 0) is 26.1 Å². The van der Waals surface area contributed by atoms with E-state index in [4.69, 9.17) is 9.88 Å². The van der Waals surface area contributed by atoms with Gasteiger partial charge >= 0.3 is 0 Å². The summed E-state index contributed by atoms with van der Waals surface area (Å²) in [5.74, 6) is -0.134. The standard InChI is InChI=1S/C13H18N2O4S/c1-9-2-7-12(19-9)13(16)15-8-10-3-5-11(6-4-10)20(14,17)18/h3-6,9,12H,2,7-8H2,1H3,(H,15,16)(H2,14,17,18). The highest BCUT2D eigenvalue weighted by Gasteiger charge is 2.27. The average Bonchev–Trinajstić information content (AvgIpc) is 2.82. The lowest BCUT2D eigenvalue weighted by molar-refractivity contribution is -0.131. The van der Waals surface area contributed by atoms with Gasteiger partial charge in [-0.1, -0.05) is 12.1 Å². The van der Waals surface area contributed by atoms with E-state index in [0.29, 0.717) is 6.54 Å². The molecule has 1 aromatic rings. The monoisotopic (exact) mass is 298 g/mol. The minimum absolute atomic E-state index is 0.0560. The van der Waals surface area contributed by atoms with Crippen LogP contribution in [0.3, 0.4) is 0 Å². The van der Waals surface area contributed by atoms with Crippen LogP contribution in [-0.4, -0.2) is 26.5 Å². The molecule has 1 aliphatic heterocycles. The van der Waals surface area contributed by atoms with Crippen LogP contribution in [0.5, 0.6) is 0 Å². The molecule has 2 atom stereocenters. The van der Waals surface area contributed by atoms with E-state index in [-0.39, 0.29) is 23.0 Å². The fraction of sp³-hybridized carbons (Fsp3) is 0.462. The molecule has 1 amide bonds. The fourth-order valence-corrected chi connectivity index (χ4v) is 2.61. The third-order valence-corrected chi connectivity index (χ3v) is 4.17. The summed E-state index contributed by atoms with van der Waals surface area (Å²) in [5.41, 5.74) is 0.803. The molecule has 2 unspecified atom stereocenters. The normalized spacial score (nSPS) is 22.7. The van der Waals surface area contributed by atoms with Gasteiger partial charge in [-0.3, -0.25) is 4.79 Å². The number of primary sulfonamides is 1. The molecule has 1 saturated heterocycles. The van der Waals surface area contributed by atoms with E-state index in [0.717, 1.165) is 18.4 Å².